The van der Waals surface area contributed by atoms with Gasteiger partial charge >= 0.3 is 0 Å². The number of hydrogen-bond acceptors (Lipinski definition) is 3. The van der Waals surface area contributed by atoms with Gasteiger partial charge in [0.15, 0.2) is 5.96 Å². The Balaban J connectivity index is 0.00000176. The summed E-state index contributed by atoms with van der Waals surface area (Å²) < 4.78 is 0. The summed E-state index contributed by atoms with van der Waals surface area (Å²) in [5, 5.41) is 3.21. The largest absolute Gasteiger partial charge is 0.370 e. The van der Waals surface area contributed by atoms with E-state index >= 15 is 0 Å². The van der Waals surface area contributed by atoms with Gasteiger partial charge in [-0.2, -0.15) is 0 Å². The molecule has 1 saturated carbocycles. The molecule has 1 aliphatic heterocycles. The molecule has 1 aliphatic carbocycles. The summed E-state index contributed by atoms with van der Waals surface area (Å²) in [6, 6.07) is 4.73. The van der Waals surface area contributed by atoms with Crippen molar-refractivity contribution in [2.75, 3.05) is 18.0 Å². The number of anilines is 1. The fourth-order valence-corrected chi connectivity index (χ4v) is 2.69. The van der Waals surface area contributed by atoms with Crippen LogP contribution < -0.4 is 16.0 Å². The van der Waals surface area contributed by atoms with E-state index in [2.05, 4.69) is 26.3 Å². The molecule has 6 heteroatoms. The molecule has 2 fully saturated rings. The SMILES string of the molecule is I.NC(=NCc1ccnc(N2CCCCCC2)c1)NC1CC1. The van der Waals surface area contributed by atoms with Gasteiger partial charge in [-0.3, -0.25) is 0 Å². The monoisotopic (exact) mass is 415 g/mol. The van der Waals surface area contributed by atoms with Gasteiger partial charge in [0.25, 0.3) is 0 Å². The van der Waals surface area contributed by atoms with Gasteiger partial charge in [0.2, 0.25) is 0 Å². The number of hydrogen-bond donors (Lipinski definition) is 2. The molecule has 0 amide bonds. The molecule has 1 saturated heterocycles. The molecule has 22 heavy (non-hydrogen) atoms. The molecule has 2 heterocycles. The van der Waals surface area contributed by atoms with Crippen LogP contribution in [0.5, 0.6) is 0 Å². The van der Waals surface area contributed by atoms with Crippen LogP contribution >= 0.6 is 24.0 Å². The number of rotatable bonds is 4. The van der Waals surface area contributed by atoms with E-state index < -0.39 is 0 Å². The Morgan fingerprint density at radius 2 is 2.00 bits per heavy atom. The van der Waals surface area contributed by atoms with Crippen molar-refractivity contribution in [1.82, 2.24) is 10.3 Å². The fraction of sp³-hybridized carbons (Fsp3) is 0.625. The standard InChI is InChI=1S/C16H25N5.HI/c17-16(20-14-5-6-14)19-12-13-7-8-18-15(11-13)21-9-3-1-2-4-10-21;/h7-8,11,14H,1-6,9-10,12H2,(H3,17,19,20);1H. The predicted octanol–water partition coefficient (Wildman–Crippen LogP) is 2.65. The van der Waals surface area contributed by atoms with Gasteiger partial charge in [-0.05, 0) is 43.4 Å². The average Bonchev–Trinajstić information content (AvgIpc) is 3.32. The fourth-order valence-electron chi connectivity index (χ4n) is 2.69. The third kappa shape index (κ3) is 5.30. The number of pyridine rings is 1. The van der Waals surface area contributed by atoms with Gasteiger partial charge in [-0.1, -0.05) is 12.8 Å². The first-order valence-corrected chi connectivity index (χ1v) is 8.07. The van der Waals surface area contributed by atoms with Crippen LogP contribution in [0.25, 0.3) is 0 Å². The van der Waals surface area contributed by atoms with Crippen molar-refractivity contribution in [2.24, 2.45) is 10.7 Å². The molecule has 0 unspecified atom stereocenters. The summed E-state index contributed by atoms with van der Waals surface area (Å²) in [6.45, 7) is 2.85. The molecule has 0 bridgehead atoms. The third-order valence-corrected chi connectivity index (χ3v) is 4.10. The van der Waals surface area contributed by atoms with Crippen molar-refractivity contribution in [1.29, 1.82) is 0 Å². The first-order chi connectivity index (χ1) is 10.3. The van der Waals surface area contributed by atoms with Crippen LogP contribution in [0.4, 0.5) is 5.82 Å². The summed E-state index contributed by atoms with van der Waals surface area (Å²) in [4.78, 5) is 11.3. The minimum Gasteiger partial charge on any atom is -0.370 e. The number of guanidine groups is 1. The maximum Gasteiger partial charge on any atom is 0.189 e. The Hall–Kier alpha value is -1.05. The normalized spacial score (nSPS) is 19.3. The van der Waals surface area contributed by atoms with Crippen LogP contribution in [0.1, 0.15) is 44.1 Å². The van der Waals surface area contributed by atoms with Gasteiger partial charge in [0, 0.05) is 25.3 Å². The van der Waals surface area contributed by atoms with Gasteiger partial charge in [0.05, 0.1) is 6.54 Å². The van der Waals surface area contributed by atoms with Crippen molar-refractivity contribution in [3.8, 4) is 0 Å². The number of aliphatic imine (C=N–C) groups is 1. The Labute approximate surface area is 149 Å². The highest BCUT2D eigenvalue weighted by Gasteiger charge is 2.21. The van der Waals surface area contributed by atoms with Crippen molar-refractivity contribution >= 4 is 35.8 Å². The maximum atomic E-state index is 5.88. The van der Waals surface area contributed by atoms with Crippen LogP contribution in [-0.2, 0) is 6.54 Å². The highest BCUT2D eigenvalue weighted by molar-refractivity contribution is 14.0. The zero-order chi connectivity index (χ0) is 14.5. The molecule has 5 nitrogen and oxygen atoms in total. The van der Waals surface area contributed by atoms with Crippen LogP contribution in [0.3, 0.4) is 0 Å². The highest BCUT2D eigenvalue weighted by atomic mass is 127. The van der Waals surface area contributed by atoms with E-state index in [-0.39, 0.29) is 24.0 Å². The average molecular weight is 415 g/mol. The van der Waals surface area contributed by atoms with E-state index in [0.717, 1.165) is 18.9 Å². The quantitative estimate of drug-likeness (QED) is 0.451. The summed E-state index contributed by atoms with van der Waals surface area (Å²) in [7, 11) is 0. The molecule has 0 spiro atoms. The van der Waals surface area contributed by atoms with Crippen molar-refractivity contribution in [2.45, 2.75) is 51.1 Å². The van der Waals surface area contributed by atoms with Gasteiger partial charge in [-0.25, -0.2) is 9.98 Å². The van der Waals surface area contributed by atoms with E-state index in [1.807, 2.05) is 12.3 Å². The Bertz CT molecular complexity index is 493. The van der Waals surface area contributed by atoms with E-state index in [4.69, 9.17) is 5.73 Å². The number of aromatic nitrogens is 1. The minimum absolute atomic E-state index is 0. The predicted molar refractivity (Wildman–Crippen MR) is 102 cm³/mol. The second-order valence-corrected chi connectivity index (χ2v) is 6.04. The highest BCUT2D eigenvalue weighted by Crippen LogP contribution is 2.19. The third-order valence-electron chi connectivity index (χ3n) is 4.10. The molecule has 0 radical (unpaired) electrons. The molecule has 0 aromatic carbocycles. The van der Waals surface area contributed by atoms with Gasteiger partial charge in [-0.15, -0.1) is 24.0 Å². The summed E-state index contributed by atoms with van der Waals surface area (Å²) in [5.41, 5.74) is 7.05. The molecule has 122 valence electrons. The first kappa shape index (κ1) is 17.3. The molecule has 2 aliphatic rings. The lowest BCUT2D eigenvalue weighted by molar-refractivity contribution is 0.726. The van der Waals surface area contributed by atoms with Crippen LogP contribution in [0.15, 0.2) is 23.3 Å². The first-order valence-electron chi connectivity index (χ1n) is 8.07. The summed E-state index contributed by atoms with van der Waals surface area (Å²) >= 11 is 0. The van der Waals surface area contributed by atoms with Crippen LogP contribution in [-0.4, -0.2) is 30.1 Å². The molecule has 1 aromatic rings. The number of nitrogens with zero attached hydrogens (tertiary/aromatic N) is 3. The molecule has 0 atom stereocenters. The molecule has 3 N–H and O–H groups in total. The van der Waals surface area contributed by atoms with Crippen LogP contribution in [0.2, 0.25) is 0 Å². The van der Waals surface area contributed by atoms with Crippen molar-refractivity contribution < 1.29 is 0 Å². The lowest BCUT2D eigenvalue weighted by Crippen LogP contribution is -2.33. The molecular formula is C16H26IN5. The van der Waals surface area contributed by atoms with Gasteiger partial charge in [0.1, 0.15) is 5.82 Å². The Morgan fingerprint density at radius 3 is 2.68 bits per heavy atom. The number of nitrogens with two attached hydrogens (primary N) is 1. The van der Waals surface area contributed by atoms with E-state index in [0.29, 0.717) is 18.5 Å². The van der Waals surface area contributed by atoms with Crippen LogP contribution in [0, 0.1) is 0 Å². The zero-order valence-electron chi connectivity index (χ0n) is 13.0. The zero-order valence-corrected chi connectivity index (χ0v) is 15.3. The minimum atomic E-state index is 0. The van der Waals surface area contributed by atoms with Gasteiger partial charge < -0.3 is 16.0 Å². The van der Waals surface area contributed by atoms with E-state index in [1.165, 1.54) is 44.1 Å². The summed E-state index contributed by atoms with van der Waals surface area (Å²) in [5.74, 6) is 1.64. The van der Waals surface area contributed by atoms with Crippen molar-refractivity contribution in [3.05, 3.63) is 23.9 Å². The number of nitrogens with one attached hydrogen (secondary N) is 1. The van der Waals surface area contributed by atoms with Crippen molar-refractivity contribution in [3.63, 3.8) is 0 Å². The van der Waals surface area contributed by atoms with E-state index in [9.17, 15) is 0 Å². The second kappa shape index (κ2) is 8.55. The smallest absolute Gasteiger partial charge is 0.189 e. The maximum absolute atomic E-state index is 5.88. The summed E-state index contributed by atoms with van der Waals surface area (Å²) in [6.07, 6.45) is 9.52. The molecule has 1 aromatic heterocycles. The Morgan fingerprint density at radius 1 is 1.27 bits per heavy atom. The van der Waals surface area contributed by atoms with E-state index in [1.54, 1.807) is 0 Å². The second-order valence-electron chi connectivity index (χ2n) is 6.04. The lowest BCUT2D eigenvalue weighted by atomic mass is 10.2. The number of halogens is 1. The topological polar surface area (TPSA) is 66.5 Å². The lowest BCUT2D eigenvalue weighted by Gasteiger charge is -2.21. The molecule has 3 rings (SSSR count). The molecular weight excluding hydrogens is 389 g/mol. The Kier molecular flexibility index (Phi) is 6.72.